The molecular weight excluding hydrogens is 412 g/mol. The Morgan fingerprint density at radius 2 is 1.80 bits per heavy atom. The lowest BCUT2D eigenvalue weighted by Crippen LogP contribution is -2.48. The Balaban J connectivity index is 0.00000320. The van der Waals surface area contributed by atoms with E-state index in [0.717, 1.165) is 17.7 Å². The average Bonchev–Trinajstić information content (AvgIpc) is 3.01. The molecule has 0 spiro atoms. The first-order valence-electron chi connectivity index (χ1n) is 9.98. The van der Waals surface area contributed by atoms with Gasteiger partial charge in [0.25, 0.3) is 0 Å². The van der Waals surface area contributed by atoms with Gasteiger partial charge in [-0.05, 0) is 18.1 Å². The Labute approximate surface area is 181 Å². The van der Waals surface area contributed by atoms with Crippen LogP contribution in [0.1, 0.15) is 20.3 Å². The Bertz CT molecular complexity index is 935. The Morgan fingerprint density at radius 1 is 1.17 bits per heavy atom. The first-order chi connectivity index (χ1) is 13.9. The molecule has 1 amide bonds. The van der Waals surface area contributed by atoms with Gasteiger partial charge in [0.05, 0.1) is 24.2 Å². The number of morpholine rings is 1. The van der Waals surface area contributed by atoms with Crippen molar-refractivity contribution in [3.8, 4) is 0 Å². The standard InChI is InChI=1S/C20H28N4O5.ClH/c1-3-14(2)17(18(25)26)21-19(27)24-16-7-5-4-6-15(16)23(20(24)28)9-8-22-10-12-29-13-11-22;/h4-7,14,17H,3,8-13H2,1-2H3,(H,21,27)(H,25,26);1H/t14-,17-;/m0./s1. The van der Waals surface area contributed by atoms with Crippen LogP contribution in [0.2, 0.25) is 0 Å². The fourth-order valence-corrected chi connectivity index (χ4v) is 3.57. The number of halogens is 1. The number of hydrogen-bond acceptors (Lipinski definition) is 5. The van der Waals surface area contributed by atoms with Crippen LogP contribution in [0.15, 0.2) is 29.1 Å². The highest BCUT2D eigenvalue weighted by Gasteiger charge is 2.28. The second-order valence-electron chi connectivity index (χ2n) is 7.36. The molecule has 0 aliphatic carbocycles. The van der Waals surface area contributed by atoms with Gasteiger partial charge in [0, 0.05) is 26.2 Å². The maximum atomic E-state index is 13.1. The van der Waals surface area contributed by atoms with E-state index in [1.807, 2.05) is 13.0 Å². The second-order valence-corrected chi connectivity index (χ2v) is 7.36. The number of nitrogens with one attached hydrogen (secondary N) is 1. The molecule has 1 aliphatic heterocycles. The molecule has 0 radical (unpaired) electrons. The summed E-state index contributed by atoms with van der Waals surface area (Å²) in [6.45, 7) is 7.68. The van der Waals surface area contributed by atoms with E-state index in [4.69, 9.17) is 4.74 Å². The fraction of sp³-hybridized carbons (Fsp3) is 0.550. The number of nitrogens with zero attached hydrogens (tertiary/aromatic N) is 3. The zero-order valence-corrected chi connectivity index (χ0v) is 18.1. The summed E-state index contributed by atoms with van der Waals surface area (Å²) in [5, 5.41) is 12.0. The summed E-state index contributed by atoms with van der Waals surface area (Å²) in [7, 11) is 0. The van der Waals surface area contributed by atoms with Crippen molar-refractivity contribution in [2.24, 2.45) is 5.92 Å². The summed E-state index contributed by atoms with van der Waals surface area (Å²) in [6.07, 6.45) is 0.591. The maximum absolute atomic E-state index is 13.1. The molecule has 0 unspecified atom stereocenters. The molecule has 9 nitrogen and oxygen atoms in total. The molecule has 0 saturated carbocycles. The minimum atomic E-state index is -1.11. The van der Waals surface area contributed by atoms with Crippen molar-refractivity contribution >= 4 is 35.4 Å². The smallest absolute Gasteiger partial charge is 0.337 e. The molecule has 0 bridgehead atoms. The van der Waals surface area contributed by atoms with Crippen LogP contribution in [0, 0.1) is 5.92 Å². The number of ether oxygens (including phenoxy) is 1. The first kappa shape index (κ1) is 23.9. The van der Waals surface area contributed by atoms with Gasteiger partial charge in [-0.3, -0.25) is 9.47 Å². The SMILES string of the molecule is CC[C@H](C)[C@H](NC(=O)n1c(=O)n(CCN2CCOCC2)c2ccccc21)C(=O)O.Cl. The number of benzene rings is 1. The largest absolute Gasteiger partial charge is 0.480 e. The highest BCUT2D eigenvalue weighted by molar-refractivity contribution is 5.91. The van der Waals surface area contributed by atoms with Crippen molar-refractivity contribution in [3.05, 3.63) is 34.7 Å². The van der Waals surface area contributed by atoms with Gasteiger partial charge >= 0.3 is 17.7 Å². The van der Waals surface area contributed by atoms with Crippen molar-refractivity contribution in [1.82, 2.24) is 19.4 Å². The van der Waals surface area contributed by atoms with Gasteiger partial charge in [0.1, 0.15) is 6.04 Å². The van der Waals surface area contributed by atoms with Crippen LogP contribution in [0.5, 0.6) is 0 Å². The maximum Gasteiger partial charge on any atom is 0.337 e. The lowest BCUT2D eigenvalue weighted by molar-refractivity contribution is -0.140. The van der Waals surface area contributed by atoms with Crippen molar-refractivity contribution in [2.75, 3.05) is 32.8 Å². The van der Waals surface area contributed by atoms with Crippen molar-refractivity contribution in [3.63, 3.8) is 0 Å². The van der Waals surface area contributed by atoms with E-state index in [-0.39, 0.29) is 18.3 Å². The van der Waals surface area contributed by atoms with Crippen LogP contribution < -0.4 is 11.0 Å². The summed E-state index contributed by atoms with van der Waals surface area (Å²) in [6, 6.07) is 5.28. The van der Waals surface area contributed by atoms with E-state index in [2.05, 4.69) is 10.2 Å². The second kappa shape index (κ2) is 10.6. The van der Waals surface area contributed by atoms with E-state index < -0.39 is 23.7 Å². The highest BCUT2D eigenvalue weighted by Crippen LogP contribution is 2.14. The number of rotatable bonds is 7. The molecule has 2 aromatic rings. The Hall–Kier alpha value is -2.36. The van der Waals surface area contributed by atoms with Crippen molar-refractivity contribution < 1.29 is 19.4 Å². The summed E-state index contributed by atoms with van der Waals surface area (Å²) < 4.78 is 7.96. The van der Waals surface area contributed by atoms with Gasteiger partial charge in [-0.25, -0.2) is 19.0 Å². The van der Waals surface area contributed by atoms with E-state index >= 15 is 0 Å². The normalized spacial score (nSPS) is 16.6. The minimum Gasteiger partial charge on any atom is -0.480 e. The van der Waals surface area contributed by atoms with Crippen LogP contribution in [0.3, 0.4) is 0 Å². The number of aromatic nitrogens is 2. The van der Waals surface area contributed by atoms with E-state index in [1.54, 1.807) is 29.7 Å². The number of fused-ring (bicyclic) bond motifs is 1. The van der Waals surface area contributed by atoms with Crippen LogP contribution in [-0.4, -0.2) is 70.0 Å². The number of aliphatic carboxylic acids is 1. The number of para-hydroxylation sites is 2. The number of amides is 1. The van der Waals surface area contributed by atoms with E-state index in [1.165, 1.54) is 0 Å². The van der Waals surface area contributed by atoms with Gasteiger partial charge in [0.2, 0.25) is 0 Å². The van der Waals surface area contributed by atoms with E-state index in [0.29, 0.717) is 43.8 Å². The van der Waals surface area contributed by atoms with Crippen LogP contribution in [0.4, 0.5) is 4.79 Å². The molecule has 30 heavy (non-hydrogen) atoms. The van der Waals surface area contributed by atoms with Gasteiger partial charge in [-0.2, -0.15) is 0 Å². The number of hydrogen-bond donors (Lipinski definition) is 2. The third-order valence-corrected chi connectivity index (χ3v) is 5.54. The molecule has 3 rings (SSSR count). The summed E-state index contributed by atoms with van der Waals surface area (Å²) in [5.74, 6) is -1.38. The molecule has 10 heteroatoms. The molecular formula is C20H29ClN4O5. The average molecular weight is 441 g/mol. The van der Waals surface area contributed by atoms with E-state index in [9.17, 15) is 19.5 Å². The third kappa shape index (κ3) is 5.03. The molecule has 2 N–H and O–H groups in total. The lowest BCUT2D eigenvalue weighted by atomic mass is 9.99. The fourth-order valence-electron chi connectivity index (χ4n) is 3.57. The summed E-state index contributed by atoms with van der Waals surface area (Å²) in [5.41, 5.74) is 0.645. The highest BCUT2D eigenvalue weighted by atomic mass is 35.5. The molecule has 1 aromatic heterocycles. The summed E-state index contributed by atoms with van der Waals surface area (Å²) >= 11 is 0. The number of imidazole rings is 1. The monoisotopic (exact) mass is 440 g/mol. The molecule has 1 fully saturated rings. The third-order valence-electron chi connectivity index (χ3n) is 5.54. The van der Waals surface area contributed by atoms with Gasteiger partial charge in [0.15, 0.2) is 0 Å². The van der Waals surface area contributed by atoms with Crippen molar-refractivity contribution in [1.29, 1.82) is 0 Å². The minimum absolute atomic E-state index is 0. The topological polar surface area (TPSA) is 106 Å². The van der Waals surface area contributed by atoms with Crippen LogP contribution in [-0.2, 0) is 16.1 Å². The zero-order chi connectivity index (χ0) is 21.0. The number of carbonyl (C=O) groups is 2. The Kier molecular flexibility index (Phi) is 8.45. The van der Waals surface area contributed by atoms with Gasteiger partial charge < -0.3 is 15.2 Å². The zero-order valence-electron chi connectivity index (χ0n) is 17.2. The number of carbonyl (C=O) groups excluding carboxylic acids is 1. The van der Waals surface area contributed by atoms with Crippen LogP contribution in [0.25, 0.3) is 11.0 Å². The molecule has 1 saturated heterocycles. The molecule has 166 valence electrons. The van der Waals surface area contributed by atoms with Crippen LogP contribution >= 0.6 is 12.4 Å². The molecule has 1 aromatic carbocycles. The first-order valence-corrected chi connectivity index (χ1v) is 9.98. The Morgan fingerprint density at radius 3 is 2.40 bits per heavy atom. The van der Waals surface area contributed by atoms with Crippen molar-refractivity contribution in [2.45, 2.75) is 32.9 Å². The van der Waals surface area contributed by atoms with Gasteiger partial charge in [-0.1, -0.05) is 32.4 Å². The predicted molar refractivity (Wildman–Crippen MR) is 116 cm³/mol. The quantitative estimate of drug-likeness (QED) is 0.677. The number of carboxylic acids is 1. The molecule has 2 atom stereocenters. The molecule has 1 aliphatic rings. The lowest BCUT2D eigenvalue weighted by Gasteiger charge is -2.26. The van der Waals surface area contributed by atoms with Gasteiger partial charge in [-0.15, -0.1) is 12.4 Å². The predicted octanol–water partition coefficient (Wildman–Crippen LogP) is 1.61. The molecule has 2 heterocycles. The number of carboxylic acid groups (broad SMARTS) is 1. The summed E-state index contributed by atoms with van der Waals surface area (Å²) in [4.78, 5) is 39.7.